The molecule has 19 heavy (non-hydrogen) atoms. The normalized spacial score (nSPS) is 19.4. The molecule has 0 radical (unpaired) electrons. The van der Waals surface area contributed by atoms with Crippen molar-refractivity contribution in [3.63, 3.8) is 0 Å². The summed E-state index contributed by atoms with van der Waals surface area (Å²) in [4.78, 5) is 1.62. The fraction of sp³-hybridized carbons (Fsp3) is 0.455. The zero-order valence-electron chi connectivity index (χ0n) is 9.94. The van der Waals surface area contributed by atoms with Crippen LogP contribution in [-0.4, -0.2) is 33.0 Å². The van der Waals surface area contributed by atoms with Crippen LogP contribution in [0.3, 0.4) is 0 Å². The average Bonchev–Trinajstić information content (AvgIpc) is 2.28. The first-order valence-electron chi connectivity index (χ1n) is 5.61. The Morgan fingerprint density at radius 3 is 2.26 bits per heavy atom. The molecule has 1 fully saturated rings. The Bertz CT molecular complexity index is 570. The van der Waals surface area contributed by atoms with Gasteiger partial charge in [0.1, 0.15) is 0 Å². The lowest BCUT2D eigenvalue weighted by molar-refractivity contribution is -0.136. The van der Waals surface area contributed by atoms with Gasteiger partial charge in [0.2, 0.25) is 0 Å². The van der Waals surface area contributed by atoms with Crippen molar-refractivity contribution < 1.29 is 21.6 Å². The highest BCUT2D eigenvalue weighted by atomic mass is 32.2. The Hall–Kier alpha value is -1.44. The monoisotopic (exact) mass is 294 g/mol. The molecule has 0 aromatic heterocycles. The smallest absolute Gasteiger partial charge is 0.398 e. The second kappa shape index (κ2) is 4.59. The SMILES string of the molecule is Nc1ccc(N2CCS(=O)(=O)CC2)cc1C(F)(F)F. The number of hydrogen-bond donors (Lipinski definition) is 1. The topological polar surface area (TPSA) is 63.4 Å². The van der Waals surface area contributed by atoms with Crippen molar-refractivity contribution in [2.75, 3.05) is 35.2 Å². The van der Waals surface area contributed by atoms with Crippen LogP contribution >= 0.6 is 0 Å². The summed E-state index contributed by atoms with van der Waals surface area (Å²) in [6, 6.07) is 3.64. The molecule has 0 amide bonds. The largest absolute Gasteiger partial charge is 0.418 e. The molecule has 106 valence electrons. The maximum atomic E-state index is 12.7. The number of anilines is 2. The van der Waals surface area contributed by atoms with E-state index in [0.717, 1.165) is 6.07 Å². The Morgan fingerprint density at radius 2 is 1.74 bits per heavy atom. The quantitative estimate of drug-likeness (QED) is 0.798. The van der Waals surface area contributed by atoms with Crippen molar-refractivity contribution in [3.05, 3.63) is 23.8 Å². The zero-order valence-corrected chi connectivity index (χ0v) is 10.8. The van der Waals surface area contributed by atoms with Gasteiger partial charge in [0.05, 0.1) is 17.1 Å². The molecule has 0 bridgehead atoms. The molecule has 0 aliphatic carbocycles. The van der Waals surface area contributed by atoms with Crippen LogP contribution in [-0.2, 0) is 16.0 Å². The van der Waals surface area contributed by atoms with Crippen LogP contribution in [0.25, 0.3) is 0 Å². The molecule has 1 heterocycles. The molecule has 0 unspecified atom stereocenters. The summed E-state index contributed by atoms with van der Waals surface area (Å²) in [7, 11) is -3.06. The predicted octanol–water partition coefficient (Wildman–Crippen LogP) is 1.52. The number of halogens is 3. The number of nitrogens with zero attached hydrogens (tertiary/aromatic N) is 1. The van der Waals surface area contributed by atoms with E-state index >= 15 is 0 Å². The molecule has 1 aromatic rings. The molecule has 1 aliphatic heterocycles. The van der Waals surface area contributed by atoms with E-state index < -0.39 is 21.6 Å². The van der Waals surface area contributed by atoms with Gasteiger partial charge in [-0.2, -0.15) is 13.2 Å². The molecule has 8 heteroatoms. The van der Waals surface area contributed by atoms with Gasteiger partial charge in [-0.05, 0) is 18.2 Å². The van der Waals surface area contributed by atoms with Gasteiger partial charge in [0, 0.05) is 24.5 Å². The van der Waals surface area contributed by atoms with Crippen molar-refractivity contribution in [2.24, 2.45) is 0 Å². The third-order valence-corrected chi connectivity index (χ3v) is 4.66. The molecule has 2 N–H and O–H groups in total. The summed E-state index contributed by atoms with van der Waals surface area (Å²) < 4.78 is 60.7. The molecular weight excluding hydrogens is 281 g/mol. The number of nitrogen functional groups attached to an aromatic ring is 1. The van der Waals surface area contributed by atoms with Crippen LogP contribution < -0.4 is 10.6 Å². The lowest BCUT2D eigenvalue weighted by atomic mass is 10.1. The molecule has 0 saturated carbocycles. The molecular formula is C11H13F3N2O2S. The van der Waals surface area contributed by atoms with Crippen LogP contribution in [0.2, 0.25) is 0 Å². The minimum atomic E-state index is -4.51. The number of benzene rings is 1. The van der Waals surface area contributed by atoms with Gasteiger partial charge >= 0.3 is 6.18 Å². The Labute approximate surface area is 108 Å². The summed E-state index contributed by atoms with van der Waals surface area (Å²) in [6.07, 6.45) is -4.51. The van der Waals surface area contributed by atoms with Crippen molar-refractivity contribution in [3.8, 4) is 0 Å². The van der Waals surface area contributed by atoms with Gasteiger partial charge < -0.3 is 10.6 Å². The highest BCUT2D eigenvalue weighted by Gasteiger charge is 2.34. The van der Waals surface area contributed by atoms with Gasteiger partial charge in [-0.25, -0.2) is 8.42 Å². The summed E-state index contributed by atoms with van der Waals surface area (Å²) in [5.74, 6) is -0.0859. The van der Waals surface area contributed by atoms with E-state index in [0.29, 0.717) is 5.69 Å². The number of sulfone groups is 1. The van der Waals surface area contributed by atoms with Gasteiger partial charge in [-0.3, -0.25) is 0 Å². The maximum absolute atomic E-state index is 12.7. The van der Waals surface area contributed by atoms with E-state index in [4.69, 9.17) is 5.73 Å². The van der Waals surface area contributed by atoms with Gasteiger partial charge in [-0.1, -0.05) is 0 Å². The Kier molecular flexibility index (Phi) is 3.38. The molecule has 4 nitrogen and oxygen atoms in total. The fourth-order valence-corrected chi connectivity index (χ4v) is 3.16. The third kappa shape index (κ3) is 3.12. The van der Waals surface area contributed by atoms with Gasteiger partial charge in [0.25, 0.3) is 0 Å². The molecule has 0 spiro atoms. The first kappa shape index (κ1) is 14.0. The van der Waals surface area contributed by atoms with E-state index in [9.17, 15) is 21.6 Å². The second-order valence-electron chi connectivity index (χ2n) is 4.41. The number of alkyl halides is 3. The summed E-state index contributed by atoms with van der Waals surface area (Å²) in [5.41, 5.74) is 4.43. The summed E-state index contributed by atoms with van der Waals surface area (Å²) in [6.45, 7) is 0.396. The van der Waals surface area contributed by atoms with Crippen molar-refractivity contribution in [1.82, 2.24) is 0 Å². The highest BCUT2D eigenvalue weighted by molar-refractivity contribution is 7.91. The van der Waals surface area contributed by atoms with E-state index in [1.165, 1.54) is 12.1 Å². The van der Waals surface area contributed by atoms with E-state index in [-0.39, 0.29) is 30.3 Å². The summed E-state index contributed by atoms with van der Waals surface area (Å²) >= 11 is 0. The fourth-order valence-electron chi connectivity index (χ4n) is 1.96. The maximum Gasteiger partial charge on any atom is 0.418 e. The molecule has 2 rings (SSSR count). The Balaban J connectivity index is 2.27. The lowest BCUT2D eigenvalue weighted by Gasteiger charge is -2.29. The Morgan fingerprint density at radius 1 is 1.16 bits per heavy atom. The van der Waals surface area contributed by atoms with Crippen LogP contribution in [0, 0.1) is 0 Å². The number of rotatable bonds is 1. The highest BCUT2D eigenvalue weighted by Crippen LogP contribution is 2.36. The lowest BCUT2D eigenvalue weighted by Crippen LogP contribution is -2.40. The van der Waals surface area contributed by atoms with Crippen LogP contribution in [0.4, 0.5) is 24.5 Å². The molecule has 1 aromatic carbocycles. The third-order valence-electron chi connectivity index (χ3n) is 3.05. The van der Waals surface area contributed by atoms with E-state index in [1.54, 1.807) is 4.90 Å². The van der Waals surface area contributed by atoms with Gasteiger partial charge in [-0.15, -0.1) is 0 Å². The molecule has 1 saturated heterocycles. The van der Waals surface area contributed by atoms with Crippen LogP contribution in [0.5, 0.6) is 0 Å². The van der Waals surface area contributed by atoms with Gasteiger partial charge in [0.15, 0.2) is 9.84 Å². The average molecular weight is 294 g/mol. The van der Waals surface area contributed by atoms with Crippen LogP contribution in [0.15, 0.2) is 18.2 Å². The second-order valence-corrected chi connectivity index (χ2v) is 6.71. The minimum Gasteiger partial charge on any atom is -0.398 e. The van der Waals surface area contributed by atoms with Crippen molar-refractivity contribution >= 4 is 21.2 Å². The van der Waals surface area contributed by atoms with Crippen LogP contribution in [0.1, 0.15) is 5.56 Å². The summed E-state index contributed by atoms with van der Waals surface area (Å²) in [5, 5.41) is 0. The van der Waals surface area contributed by atoms with Crippen molar-refractivity contribution in [1.29, 1.82) is 0 Å². The zero-order chi connectivity index (χ0) is 14.3. The first-order valence-corrected chi connectivity index (χ1v) is 7.43. The number of nitrogens with two attached hydrogens (primary N) is 1. The number of hydrogen-bond acceptors (Lipinski definition) is 4. The molecule has 1 aliphatic rings. The molecule has 0 atom stereocenters. The first-order chi connectivity index (χ1) is 8.69. The van der Waals surface area contributed by atoms with E-state index in [2.05, 4.69) is 0 Å². The van der Waals surface area contributed by atoms with E-state index in [1.807, 2.05) is 0 Å². The van der Waals surface area contributed by atoms with Crippen molar-refractivity contribution in [2.45, 2.75) is 6.18 Å². The standard InChI is InChI=1S/C11H13F3N2O2S/c12-11(13,14)9-7-8(1-2-10(9)15)16-3-5-19(17,18)6-4-16/h1-2,7H,3-6,15H2. The predicted molar refractivity (Wildman–Crippen MR) is 66.7 cm³/mol. The minimum absolute atomic E-state index is 0.0429.